The maximum Gasteiger partial charge on any atom is 0.254 e. The Labute approximate surface area is 210 Å². The quantitative estimate of drug-likeness (QED) is 0.388. The number of rotatable bonds is 12. The van der Waals surface area contributed by atoms with Crippen molar-refractivity contribution < 1.29 is 28.0 Å². The van der Waals surface area contributed by atoms with E-state index in [0.29, 0.717) is 6.42 Å². The van der Waals surface area contributed by atoms with Gasteiger partial charge in [-0.1, -0.05) is 24.3 Å². The van der Waals surface area contributed by atoms with Crippen molar-refractivity contribution in [3.8, 4) is 0 Å². The lowest BCUT2D eigenvalue weighted by Gasteiger charge is -2.23. The van der Waals surface area contributed by atoms with Crippen LogP contribution in [-0.4, -0.2) is 41.6 Å². The Morgan fingerprint density at radius 2 is 1.56 bits per heavy atom. The number of carbonyl (C=O) groups is 4. The summed E-state index contributed by atoms with van der Waals surface area (Å²) >= 11 is 0. The minimum absolute atomic E-state index is 0.00323. The molecule has 3 N–H and O–H groups in total. The van der Waals surface area contributed by atoms with Gasteiger partial charge in [0.2, 0.25) is 11.8 Å². The van der Waals surface area contributed by atoms with Gasteiger partial charge in [0.1, 0.15) is 11.6 Å². The topological polar surface area (TPSA) is 104 Å². The van der Waals surface area contributed by atoms with Crippen LogP contribution in [0.5, 0.6) is 0 Å². The second kappa shape index (κ2) is 13.5. The zero-order chi connectivity index (χ0) is 26.7. The van der Waals surface area contributed by atoms with E-state index in [2.05, 4.69) is 16.0 Å². The summed E-state index contributed by atoms with van der Waals surface area (Å²) in [5, 5.41) is 7.98. The minimum Gasteiger partial charge on any atom is -0.352 e. The molecular formula is C27H33F2N3O4. The highest BCUT2D eigenvalue weighted by Crippen LogP contribution is 2.09. The Hall–Kier alpha value is -3.62. The van der Waals surface area contributed by atoms with E-state index in [1.165, 1.54) is 30.3 Å². The summed E-state index contributed by atoms with van der Waals surface area (Å²) < 4.78 is 26.8. The molecule has 0 bridgehead atoms. The van der Waals surface area contributed by atoms with E-state index in [9.17, 15) is 28.0 Å². The molecule has 7 nitrogen and oxygen atoms in total. The molecule has 0 aliphatic carbocycles. The number of hydrogen-bond acceptors (Lipinski definition) is 4. The predicted molar refractivity (Wildman–Crippen MR) is 132 cm³/mol. The lowest BCUT2D eigenvalue weighted by molar-refractivity contribution is -0.131. The first kappa shape index (κ1) is 28.6. The number of nitrogens with one attached hydrogen (secondary N) is 3. The van der Waals surface area contributed by atoms with E-state index in [4.69, 9.17) is 0 Å². The molecule has 0 saturated heterocycles. The molecule has 2 aromatic rings. The fourth-order valence-corrected chi connectivity index (χ4v) is 3.45. The molecule has 0 saturated carbocycles. The fraction of sp³-hybridized carbons (Fsp3) is 0.407. The Kier molecular flexibility index (Phi) is 10.7. The molecule has 2 rings (SSSR count). The van der Waals surface area contributed by atoms with Crippen LogP contribution in [0.4, 0.5) is 8.78 Å². The lowest BCUT2D eigenvalue weighted by atomic mass is 10.0. The Morgan fingerprint density at radius 3 is 2.19 bits per heavy atom. The van der Waals surface area contributed by atoms with Crippen LogP contribution in [0.2, 0.25) is 0 Å². The van der Waals surface area contributed by atoms with Gasteiger partial charge in [-0.05, 0) is 63.4 Å². The number of hydrogen-bond donors (Lipinski definition) is 3. The van der Waals surface area contributed by atoms with Gasteiger partial charge >= 0.3 is 0 Å². The summed E-state index contributed by atoms with van der Waals surface area (Å²) in [7, 11) is 0. The smallest absolute Gasteiger partial charge is 0.254 e. The number of amides is 3. The molecule has 0 aliphatic heterocycles. The number of aryl methyl sites for hydroxylation is 1. The fourth-order valence-electron chi connectivity index (χ4n) is 3.45. The summed E-state index contributed by atoms with van der Waals surface area (Å²) in [6, 6.07) is 10.3. The molecule has 1 atom stereocenters. The summed E-state index contributed by atoms with van der Waals surface area (Å²) in [6.07, 6.45) is 0.448. The third-order valence-corrected chi connectivity index (χ3v) is 5.19. The van der Waals surface area contributed by atoms with Crippen molar-refractivity contribution in [1.82, 2.24) is 16.0 Å². The molecule has 0 fully saturated rings. The van der Waals surface area contributed by atoms with E-state index in [1.54, 1.807) is 39.0 Å². The van der Waals surface area contributed by atoms with Crippen LogP contribution in [0, 0.1) is 11.6 Å². The monoisotopic (exact) mass is 501 g/mol. The molecular weight excluding hydrogens is 468 g/mol. The molecule has 9 heteroatoms. The largest absolute Gasteiger partial charge is 0.352 e. The molecule has 2 aromatic carbocycles. The first-order valence-corrected chi connectivity index (χ1v) is 11.8. The second-order valence-corrected chi connectivity index (χ2v) is 9.55. The predicted octanol–water partition coefficient (Wildman–Crippen LogP) is 3.47. The van der Waals surface area contributed by atoms with Gasteiger partial charge < -0.3 is 16.0 Å². The standard InChI is InChI=1S/C27H33F2N3O4/c1-27(2,3)32-25(35)17-22(31-24(34)15-12-18-10-13-19(28)14-11-18)23(33)9-6-16-30-26(36)20-7-4-5-8-21(20)29/h4-5,7-8,10-11,13-14,22H,6,9,12,15-17H2,1-3H3,(H,30,36)(H,31,34)(H,32,35)/t22-/m0/s1. The van der Waals surface area contributed by atoms with Crippen LogP contribution in [0.1, 0.15) is 62.4 Å². The number of benzene rings is 2. The third-order valence-electron chi connectivity index (χ3n) is 5.19. The molecule has 0 unspecified atom stereocenters. The number of ketones is 1. The highest BCUT2D eigenvalue weighted by atomic mass is 19.1. The minimum atomic E-state index is -1.03. The Morgan fingerprint density at radius 1 is 0.889 bits per heavy atom. The normalized spacial score (nSPS) is 11.9. The van der Waals surface area contributed by atoms with Gasteiger partial charge in [-0.3, -0.25) is 19.2 Å². The maximum absolute atomic E-state index is 13.7. The first-order valence-electron chi connectivity index (χ1n) is 11.8. The third kappa shape index (κ3) is 10.3. The van der Waals surface area contributed by atoms with Crippen LogP contribution >= 0.6 is 0 Å². The van der Waals surface area contributed by atoms with Gasteiger partial charge in [0.15, 0.2) is 5.78 Å². The van der Waals surface area contributed by atoms with Crippen LogP contribution in [0.25, 0.3) is 0 Å². The molecule has 0 aliphatic rings. The average Bonchev–Trinajstić information content (AvgIpc) is 2.80. The molecule has 194 valence electrons. The summed E-state index contributed by atoms with van der Waals surface area (Å²) in [5.74, 6) is -2.74. The zero-order valence-electron chi connectivity index (χ0n) is 20.8. The van der Waals surface area contributed by atoms with Crippen LogP contribution < -0.4 is 16.0 Å². The number of Topliss-reactive ketones (excluding diaryl/α,β-unsaturated/α-hetero) is 1. The summed E-state index contributed by atoms with van der Waals surface area (Å²) in [6.45, 7) is 5.54. The highest BCUT2D eigenvalue weighted by molar-refractivity contribution is 5.95. The van der Waals surface area contributed by atoms with Crippen molar-refractivity contribution >= 4 is 23.5 Å². The second-order valence-electron chi connectivity index (χ2n) is 9.55. The van der Waals surface area contributed by atoms with Crippen molar-refractivity contribution in [1.29, 1.82) is 0 Å². The highest BCUT2D eigenvalue weighted by Gasteiger charge is 2.25. The molecule has 0 radical (unpaired) electrons. The van der Waals surface area contributed by atoms with Crippen molar-refractivity contribution in [3.05, 3.63) is 71.3 Å². The van der Waals surface area contributed by atoms with E-state index >= 15 is 0 Å². The molecule has 0 aromatic heterocycles. The first-order chi connectivity index (χ1) is 16.9. The number of carbonyl (C=O) groups excluding carboxylic acids is 4. The van der Waals surface area contributed by atoms with E-state index in [-0.39, 0.29) is 55.3 Å². The average molecular weight is 502 g/mol. The van der Waals surface area contributed by atoms with Crippen molar-refractivity contribution in [2.45, 2.75) is 64.5 Å². The molecule has 3 amide bonds. The summed E-state index contributed by atoms with van der Waals surface area (Å²) in [4.78, 5) is 49.9. The van der Waals surface area contributed by atoms with Gasteiger partial charge in [-0.25, -0.2) is 8.78 Å². The van der Waals surface area contributed by atoms with E-state index < -0.39 is 29.2 Å². The Bertz CT molecular complexity index is 1070. The van der Waals surface area contributed by atoms with E-state index in [0.717, 1.165) is 5.56 Å². The maximum atomic E-state index is 13.7. The van der Waals surface area contributed by atoms with Crippen LogP contribution in [0.3, 0.4) is 0 Å². The van der Waals surface area contributed by atoms with E-state index in [1.807, 2.05) is 0 Å². The van der Waals surface area contributed by atoms with Gasteiger partial charge in [0, 0.05) is 24.9 Å². The SMILES string of the molecule is CC(C)(C)NC(=O)C[C@H](NC(=O)CCc1ccc(F)cc1)C(=O)CCCNC(=O)c1ccccc1F. The van der Waals surface area contributed by atoms with Gasteiger partial charge in [0.05, 0.1) is 18.0 Å². The lowest BCUT2D eigenvalue weighted by Crippen LogP contribution is -2.47. The molecule has 0 spiro atoms. The van der Waals surface area contributed by atoms with Gasteiger partial charge in [-0.15, -0.1) is 0 Å². The zero-order valence-corrected chi connectivity index (χ0v) is 20.8. The van der Waals surface area contributed by atoms with Crippen molar-refractivity contribution in [2.24, 2.45) is 0 Å². The molecule has 36 heavy (non-hydrogen) atoms. The Balaban J connectivity index is 1.91. The molecule has 0 heterocycles. The number of halogens is 2. The van der Waals surface area contributed by atoms with Crippen LogP contribution in [-0.2, 0) is 20.8 Å². The van der Waals surface area contributed by atoms with Crippen LogP contribution in [0.15, 0.2) is 48.5 Å². The van der Waals surface area contributed by atoms with Gasteiger partial charge in [-0.2, -0.15) is 0 Å². The summed E-state index contributed by atoms with van der Waals surface area (Å²) in [5.41, 5.74) is 0.174. The van der Waals surface area contributed by atoms with Crippen molar-refractivity contribution in [2.75, 3.05) is 6.54 Å². The van der Waals surface area contributed by atoms with Crippen molar-refractivity contribution in [3.63, 3.8) is 0 Å². The van der Waals surface area contributed by atoms with Gasteiger partial charge in [0.25, 0.3) is 5.91 Å².